The molecular weight excluding hydrogens is 322 g/mol. The van der Waals surface area contributed by atoms with Crippen LogP contribution in [0.2, 0.25) is 0 Å². The minimum Gasteiger partial charge on any atom is -0.480 e. The van der Waals surface area contributed by atoms with Crippen molar-refractivity contribution in [3.8, 4) is 0 Å². The van der Waals surface area contributed by atoms with E-state index >= 15 is 0 Å². The maximum atomic E-state index is 12.0. The van der Waals surface area contributed by atoms with Crippen LogP contribution in [0.15, 0.2) is 30.3 Å². The van der Waals surface area contributed by atoms with Gasteiger partial charge in [0, 0.05) is 26.6 Å². The number of hydrogen-bond acceptors (Lipinski definition) is 3. The number of aliphatic carboxylic acids is 1. The largest absolute Gasteiger partial charge is 0.480 e. The van der Waals surface area contributed by atoms with Crippen LogP contribution in [0.3, 0.4) is 0 Å². The molecule has 0 aliphatic rings. The van der Waals surface area contributed by atoms with Gasteiger partial charge < -0.3 is 20.6 Å². The Morgan fingerprint density at radius 1 is 1.20 bits per heavy atom. The van der Waals surface area contributed by atoms with Crippen molar-refractivity contribution in [2.45, 2.75) is 45.2 Å². The number of urea groups is 1. The Bertz CT molecular complexity index is 591. The van der Waals surface area contributed by atoms with Crippen LogP contribution in [0.5, 0.6) is 0 Å². The fourth-order valence-corrected chi connectivity index (χ4v) is 2.44. The van der Waals surface area contributed by atoms with Gasteiger partial charge in [0.25, 0.3) is 0 Å². The van der Waals surface area contributed by atoms with Gasteiger partial charge in [0.15, 0.2) is 0 Å². The van der Waals surface area contributed by atoms with Crippen LogP contribution in [-0.4, -0.2) is 47.0 Å². The molecule has 3 N–H and O–H groups in total. The first kappa shape index (κ1) is 20.5. The van der Waals surface area contributed by atoms with Crippen LogP contribution in [0, 0.1) is 0 Å². The fraction of sp³-hybridized carbons (Fsp3) is 0.500. The summed E-state index contributed by atoms with van der Waals surface area (Å²) in [7, 11) is 1.67. The highest BCUT2D eigenvalue weighted by atomic mass is 16.4. The second-order valence-electron chi connectivity index (χ2n) is 6.26. The lowest BCUT2D eigenvalue weighted by molar-refractivity contribution is -0.147. The molecule has 7 nitrogen and oxygen atoms in total. The van der Waals surface area contributed by atoms with E-state index in [4.69, 9.17) is 0 Å². The molecule has 0 aliphatic carbocycles. The van der Waals surface area contributed by atoms with Crippen LogP contribution in [0.25, 0.3) is 0 Å². The van der Waals surface area contributed by atoms with Crippen LogP contribution in [-0.2, 0) is 16.1 Å². The van der Waals surface area contributed by atoms with Gasteiger partial charge in [-0.3, -0.25) is 4.79 Å². The first-order chi connectivity index (χ1) is 11.8. The topological polar surface area (TPSA) is 98.7 Å². The average molecular weight is 349 g/mol. The lowest BCUT2D eigenvalue weighted by Crippen LogP contribution is -2.52. The van der Waals surface area contributed by atoms with Crippen molar-refractivity contribution in [1.82, 2.24) is 15.5 Å². The maximum absolute atomic E-state index is 12.0. The summed E-state index contributed by atoms with van der Waals surface area (Å²) in [6.07, 6.45) is 1.02. The predicted octanol–water partition coefficient (Wildman–Crippen LogP) is 1.98. The number of carboxylic acid groups (broad SMARTS) is 1. The third-order valence-corrected chi connectivity index (χ3v) is 3.87. The van der Waals surface area contributed by atoms with Gasteiger partial charge in [0.05, 0.1) is 0 Å². The number of rotatable bonds is 9. The van der Waals surface area contributed by atoms with Crippen LogP contribution in [0.4, 0.5) is 4.79 Å². The lowest BCUT2D eigenvalue weighted by Gasteiger charge is -2.26. The molecule has 0 saturated heterocycles. The number of carbonyl (C=O) groups is 3. The van der Waals surface area contributed by atoms with Gasteiger partial charge in [-0.1, -0.05) is 43.7 Å². The summed E-state index contributed by atoms with van der Waals surface area (Å²) in [6, 6.07) is 9.29. The van der Waals surface area contributed by atoms with Gasteiger partial charge in [0.1, 0.15) is 5.54 Å². The van der Waals surface area contributed by atoms with Crippen molar-refractivity contribution in [1.29, 1.82) is 0 Å². The smallest absolute Gasteiger partial charge is 0.329 e. The summed E-state index contributed by atoms with van der Waals surface area (Å²) in [5.74, 6) is -1.46. The molecule has 1 rings (SSSR count). The first-order valence-corrected chi connectivity index (χ1v) is 8.36. The van der Waals surface area contributed by atoms with Gasteiger partial charge in [-0.05, 0) is 18.9 Å². The normalized spacial score (nSPS) is 12.8. The van der Waals surface area contributed by atoms with Crippen molar-refractivity contribution in [2.24, 2.45) is 0 Å². The molecule has 0 aromatic heterocycles. The zero-order valence-electron chi connectivity index (χ0n) is 15.0. The standard InChI is InChI=1S/C18H27N3O4/c1-4-11-18(2,16(23)24)20-15(22)10-12-19-17(25)21(3)13-14-8-6-5-7-9-14/h5-9H,4,10-13H2,1-3H3,(H,19,25)(H,20,22)(H,23,24). The van der Waals surface area contributed by atoms with Gasteiger partial charge in [0.2, 0.25) is 5.91 Å². The van der Waals surface area contributed by atoms with Gasteiger partial charge in [-0.2, -0.15) is 0 Å². The second kappa shape index (κ2) is 9.66. The third-order valence-electron chi connectivity index (χ3n) is 3.87. The molecule has 0 saturated carbocycles. The Balaban J connectivity index is 2.39. The molecule has 0 bridgehead atoms. The van der Waals surface area contributed by atoms with Crippen molar-refractivity contribution in [3.63, 3.8) is 0 Å². The Morgan fingerprint density at radius 3 is 2.40 bits per heavy atom. The van der Waals surface area contributed by atoms with Crippen molar-refractivity contribution in [2.75, 3.05) is 13.6 Å². The number of hydrogen-bond donors (Lipinski definition) is 3. The van der Waals surface area contributed by atoms with Crippen molar-refractivity contribution in [3.05, 3.63) is 35.9 Å². The van der Waals surface area contributed by atoms with E-state index in [9.17, 15) is 19.5 Å². The highest BCUT2D eigenvalue weighted by Crippen LogP contribution is 2.12. The van der Waals surface area contributed by atoms with E-state index < -0.39 is 17.4 Å². The number of nitrogens with one attached hydrogen (secondary N) is 2. The summed E-state index contributed by atoms with van der Waals surface area (Å²) in [5.41, 5.74) is -0.269. The average Bonchev–Trinajstić information content (AvgIpc) is 2.55. The van der Waals surface area contributed by atoms with Crippen molar-refractivity contribution >= 4 is 17.9 Å². The number of carbonyl (C=O) groups excluding carboxylic acids is 2. The van der Waals surface area contributed by atoms with Gasteiger partial charge >= 0.3 is 12.0 Å². The Hall–Kier alpha value is -2.57. The fourth-order valence-electron chi connectivity index (χ4n) is 2.44. The van der Waals surface area contributed by atoms with Crippen molar-refractivity contribution < 1.29 is 19.5 Å². The molecule has 0 heterocycles. The van der Waals surface area contributed by atoms with E-state index in [1.807, 2.05) is 37.3 Å². The summed E-state index contributed by atoms with van der Waals surface area (Å²) < 4.78 is 0. The molecule has 1 aromatic rings. The Labute approximate surface area is 148 Å². The molecule has 1 unspecified atom stereocenters. The number of carboxylic acids is 1. The SMILES string of the molecule is CCCC(C)(NC(=O)CCNC(=O)N(C)Cc1ccccc1)C(=O)O. The summed E-state index contributed by atoms with van der Waals surface area (Å²) in [4.78, 5) is 36.8. The first-order valence-electron chi connectivity index (χ1n) is 8.36. The molecule has 3 amide bonds. The number of benzene rings is 1. The quantitative estimate of drug-likeness (QED) is 0.635. The van der Waals surface area contributed by atoms with E-state index in [2.05, 4.69) is 10.6 Å². The van der Waals surface area contributed by atoms with Gasteiger partial charge in [-0.15, -0.1) is 0 Å². The third kappa shape index (κ3) is 6.82. The molecule has 1 atom stereocenters. The Kier molecular flexibility index (Phi) is 7.91. The zero-order chi connectivity index (χ0) is 18.9. The van der Waals surface area contributed by atoms with E-state index in [0.717, 1.165) is 5.56 Å². The van der Waals surface area contributed by atoms with E-state index in [0.29, 0.717) is 19.4 Å². The molecule has 0 radical (unpaired) electrons. The predicted molar refractivity (Wildman–Crippen MR) is 95.0 cm³/mol. The van der Waals surface area contributed by atoms with E-state index in [1.54, 1.807) is 7.05 Å². The molecule has 0 aliphatic heterocycles. The lowest BCUT2D eigenvalue weighted by atomic mass is 9.96. The van der Waals surface area contributed by atoms with Gasteiger partial charge in [-0.25, -0.2) is 9.59 Å². The number of nitrogens with zero attached hydrogens (tertiary/aromatic N) is 1. The van der Waals surface area contributed by atoms with E-state index in [-0.39, 0.29) is 19.0 Å². The minimum atomic E-state index is -1.28. The number of amides is 3. The molecule has 0 fully saturated rings. The molecule has 1 aromatic carbocycles. The second-order valence-corrected chi connectivity index (χ2v) is 6.26. The highest BCUT2D eigenvalue weighted by molar-refractivity contribution is 5.87. The van der Waals surface area contributed by atoms with Crippen LogP contribution < -0.4 is 10.6 Å². The molecule has 25 heavy (non-hydrogen) atoms. The summed E-state index contributed by atoms with van der Waals surface area (Å²) in [6.45, 7) is 3.96. The monoisotopic (exact) mass is 349 g/mol. The zero-order valence-corrected chi connectivity index (χ0v) is 15.0. The van der Waals surface area contributed by atoms with E-state index in [1.165, 1.54) is 11.8 Å². The highest BCUT2D eigenvalue weighted by Gasteiger charge is 2.33. The molecule has 0 spiro atoms. The molecule has 138 valence electrons. The summed E-state index contributed by atoms with van der Waals surface area (Å²) in [5, 5.41) is 14.4. The maximum Gasteiger partial charge on any atom is 0.329 e. The Morgan fingerprint density at radius 2 is 1.84 bits per heavy atom. The molecule has 7 heteroatoms. The minimum absolute atomic E-state index is 0.0253. The van der Waals surface area contributed by atoms with Crippen LogP contribution >= 0.6 is 0 Å². The summed E-state index contributed by atoms with van der Waals surface area (Å²) >= 11 is 0. The van der Waals surface area contributed by atoms with Crippen LogP contribution in [0.1, 0.15) is 38.7 Å². The molecular formula is C18H27N3O4.